The van der Waals surface area contributed by atoms with Crippen molar-refractivity contribution in [2.75, 3.05) is 0 Å². The number of hydrogen-bond acceptors (Lipinski definition) is 4. The van der Waals surface area contributed by atoms with Crippen LogP contribution in [0, 0.1) is 0 Å². The second-order valence-electron chi connectivity index (χ2n) is 3.51. The van der Waals surface area contributed by atoms with E-state index in [0.717, 1.165) is 23.0 Å². The monoisotopic (exact) mass is 245 g/mol. The van der Waals surface area contributed by atoms with Crippen LogP contribution in [-0.2, 0) is 4.79 Å². The van der Waals surface area contributed by atoms with Crippen molar-refractivity contribution in [2.45, 2.75) is 0 Å². The first kappa shape index (κ1) is 10.1. The van der Waals surface area contributed by atoms with Gasteiger partial charge in [-0.3, -0.25) is 14.9 Å². The van der Waals surface area contributed by atoms with Crippen molar-refractivity contribution in [3.63, 3.8) is 0 Å². The number of carbonyl (C=O) groups excluding carboxylic acids is 2. The lowest BCUT2D eigenvalue weighted by Crippen LogP contribution is -2.17. The number of amides is 2. The molecule has 0 spiro atoms. The molecule has 2 aromatic rings. The fraction of sp³-hybridized carbons (Fsp3) is 0. The van der Waals surface area contributed by atoms with Gasteiger partial charge in [0.05, 0.1) is 4.91 Å². The van der Waals surface area contributed by atoms with E-state index in [0.29, 0.717) is 4.91 Å². The van der Waals surface area contributed by atoms with Gasteiger partial charge in [-0.25, -0.2) is 4.98 Å². The zero-order valence-corrected chi connectivity index (χ0v) is 9.40. The molecule has 1 fully saturated rings. The van der Waals surface area contributed by atoms with Crippen molar-refractivity contribution in [1.82, 2.24) is 14.7 Å². The highest BCUT2D eigenvalue weighted by atomic mass is 32.2. The number of nitrogens with one attached hydrogen (secondary N) is 1. The maximum Gasteiger partial charge on any atom is 0.290 e. The minimum absolute atomic E-state index is 0.329. The van der Waals surface area contributed by atoms with Gasteiger partial charge in [-0.15, -0.1) is 0 Å². The number of rotatable bonds is 1. The second-order valence-corrected chi connectivity index (χ2v) is 4.52. The van der Waals surface area contributed by atoms with Crippen LogP contribution in [0.25, 0.3) is 11.7 Å². The van der Waals surface area contributed by atoms with Crippen LogP contribution in [0.1, 0.15) is 5.56 Å². The number of aromatic nitrogens is 2. The molecule has 0 aromatic carbocycles. The SMILES string of the molecule is O=C1NC(=O)C(=Cc2ccc3nccn3c2)S1. The van der Waals surface area contributed by atoms with Crippen LogP contribution in [0.15, 0.2) is 35.6 Å². The fourth-order valence-corrected chi connectivity index (χ4v) is 2.28. The summed E-state index contributed by atoms with van der Waals surface area (Å²) < 4.78 is 1.85. The predicted molar refractivity (Wildman–Crippen MR) is 64.3 cm³/mol. The van der Waals surface area contributed by atoms with Crippen LogP contribution in [-0.4, -0.2) is 20.5 Å². The van der Waals surface area contributed by atoms with Crippen LogP contribution in [0.2, 0.25) is 0 Å². The number of nitrogens with zero attached hydrogens (tertiary/aromatic N) is 2. The van der Waals surface area contributed by atoms with Crippen molar-refractivity contribution in [3.05, 3.63) is 41.2 Å². The lowest BCUT2D eigenvalue weighted by Gasteiger charge is -1.97. The Morgan fingerprint density at radius 2 is 2.24 bits per heavy atom. The van der Waals surface area contributed by atoms with E-state index in [2.05, 4.69) is 10.3 Å². The van der Waals surface area contributed by atoms with Gasteiger partial charge in [0.1, 0.15) is 5.65 Å². The van der Waals surface area contributed by atoms with Crippen LogP contribution in [0.4, 0.5) is 4.79 Å². The Morgan fingerprint density at radius 3 is 3.00 bits per heavy atom. The molecule has 84 valence electrons. The number of imidazole rings is 1. The van der Waals surface area contributed by atoms with Crippen LogP contribution in [0.5, 0.6) is 0 Å². The second kappa shape index (κ2) is 3.74. The Hall–Kier alpha value is -2.08. The first-order valence-corrected chi connectivity index (χ1v) is 5.71. The first-order chi connectivity index (χ1) is 8.22. The van der Waals surface area contributed by atoms with Crippen molar-refractivity contribution in [3.8, 4) is 0 Å². The Bertz CT molecular complexity index is 660. The third-order valence-corrected chi connectivity index (χ3v) is 3.16. The summed E-state index contributed by atoms with van der Waals surface area (Å²) >= 11 is 0.913. The molecule has 1 aliphatic rings. The zero-order chi connectivity index (χ0) is 11.8. The molecule has 0 unspecified atom stereocenters. The van der Waals surface area contributed by atoms with Gasteiger partial charge >= 0.3 is 0 Å². The summed E-state index contributed by atoms with van der Waals surface area (Å²) in [6, 6.07) is 3.71. The summed E-state index contributed by atoms with van der Waals surface area (Å²) in [5.41, 5.74) is 1.69. The predicted octanol–water partition coefficient (Wildman–Crippen LogP) is 1.66. The molecule has 17 heavy (non-hydrogen) atoms. The van der Waals surface area contributed by atoms with Gasteiger partial charge in [0.25, 0.3) is 11.1 Å². The van der Waals surface area contributed by atoms with E-state index in [4.69, 9.17) is 0 Å². The van der Waals surface area contributed by atoms with Gasteiger partial charge < -0.3 is 4.40 Å². The molecule has 5 nitrogen and oxygen atoms in total. The van der Waals surface area contributed by atoms with E-state index < -0.39 is 0 Å². The molecule has 1 saturated heterocycles. The summed E-state index contributed by atoms with van der Waals surface area (Å²) in [4.78, 5) is 26.9. The zero-order valence-electron chi connectivity index (χ0n) is 8.58. The van der Waals surface area contributed by atoms with Crippen molar-refractivity contribution in [1.29, 1.82) is 0 Å². The smallest absolute Gasteiger partial charge is 0.290 e. The molecule has 0 aliphatic carbocycles. The third-order valence-electron chi connectivity index (χ3n) is 2.35. The molecule has 0 radical (unpaired) electrons. The fourth-order valence-electron chi connectivity index (χ4n) is 1.60. The van der Waals surface area contributed by atoms with Gasteiger partial charge in [-0.1, -0.05) is 0 Å². The number of fused-ring (bicyclic) bond motifs is 1. The van der Waals surface area contributed by atoms with E-state index >= 15 is 0 Å². The number of carbonyl (C=O) groups is 2. The number of hydrogen-bond donors (Lipinski definition) is 1. The van der Waals surface area contributed by atoms with Crippen molar-refractivity contribution in [2.24, 2.45) is 0 Å². The molecular formula is C11H7N3O2S. The summed E-state index contributed by atoms with van der Waals surface area (Å²) in [6.07, 6.45) is 7.06. The van der Waals surface area contributed by atoms with E-state index in [1.54, 1.807) is 12.3 Å². The van der Waals surface area contributed by atoms with Gasteiger partial charge in [-0.2, -0.15) is 0 Å². The topological polar surface area (TPSA) is 63.5 Å². The van der Waals surface area contributed by atoms with Gasteiger partial charge in [0, 0.05) is 18.6 Å². The summed E-state index contributed by atoms with van der Waals surface area (Å²) in [6.45, 7) is 0. The average Bonchev–Trinajstić information content (AvgIpc) is 2.85. The quantitative estimate of drug-likeness (QED) is 0.776. The Kier molecular flexibility index (Phi) is 2.22. The van der Waals surface area contributed by atoms with Gasteiger partial charge in [0.2, 0.25) is 0 Å². The Morgan fingerprint density at radius 1 is 1.35 bits per heavy atom. The summed E-state index contributed by atoms with van der Waals surface area (Å²) in [5, 5.41) is 1.89. The highest BCUT2D eigenvalue weighted by Gasteiger charge is 2.24. The standard InChI is InChI=1S/C11H7N3O2S/c15-10-8(17-11(16)13-10)5-7-1-2-9-12-3-4-14(9)6-7/h1-6H,(H,13,15,16). The van der Waals surface area contributed by atoms with Crippen LogP contribution >= 0.6 is 11.8 Å². The molecule has 0 saturated carbocycles. The highest BCUT2D eigenvalue weighted by Crippen LogP contribution is 2.25. The molecule has 2 amide bonds. The lowest BCUT2D eigenvalue weighted by atomic mass is 10.2. The Balaban J connectivity index is 2.01. The van der Waals surface area contributed by atoms with Crippen LogP contribution in [0.3, 0.4) is 0 Å². The third kappa shape index (κ3) is 1.83. The van der Waals surface area contributed by atoms with E-state index in [1.165, 1.54) is 0 Å². The van der Waals surface area contributed by atoms with E-state index in [1.807, 2.05) is 28.9 Å². The number of pyridine rings is 1. The highest BCUT2D eigenvalue weighted by molar-refractivity contribution is 8.18. The minimum Gasteiger partial charge on any atom is -0.307 e. The van der Waals surface area contributed by atoms with Crippen LogP contribution < -0.4 is 5.32 Å². The first-order valence-electron chi connectivity index (χ1n) is 4.90. The maximum atomic E-state index is 11.4. The molecule has 6 heteroatoms. The molecule has 2 aromatic heterocycles. The normalized spacial score (nSPS) is 18.0. The number of imide groups is 1. The molecule has 0 bridgehead atoms. The van der Waals surface area contributed by atoms with Gasteiger partial charge in [0.15, 0.2) is 0 Å². The van der Waals surface area contributed by atoms with Crippen molar-refractivity contribution < 1.29 is 9.59 Å². The summed E-state index contributed by atoms with van der Waals surface area (Å²) in [5.74, 6) is -0.342. The summed E-state index contributed by atoms with van der Waals surface area (Å²) in [7, 11) is 0. The largest absolute Gasteiger partial charge is 0.307 e. The average molecular weight is 245 g/mol. The number of thioether (sulfide) groups is 1. The minimum atomic E-state index is -0.342. The molecule has 3 rings (SSSR count). The van der Waals surface area contributed by atoms with Gasteiger partial charge in [-0.05, 0) is 35.5 Å². The molecule has 1 N–H and O–H groups in total. The lowest BCUT2D eigenvalue weighted by molar-refractivity contribution is -0.115. The maximum absolute atomic E-state index is 11.4. The van der Waals surface area contributed by atoms with E-state index in [9.17, 15) is 9.59 Å². The molecule has 3 heterocycles. The molecule has 0 atom stereocenters. The Labute approximate surface area is 101 Å². The molecule has 1 aliphatic heterocycles. The van der Waals surface area contributed by atoms with E-state index in [-0.39, 0.29) is 11.1 Å². The van der Waals surface area contributed by atoms with Crippen molar-refractivity contribution >= 4 is 34.6 Å². The molecular weight excluding hydrogens is 238 g/mol.